The van der Waals surface area contributed by atoms with Gasteiger partial charge in [0.15, 0.2) is 5.82 Å². The van der Waals surface area contributed by atoms with E-state index in [0.29, 0.717) is 12.5 Å². The highest BCUT2D eigenvalue weighted by Gasteiger charge is 2.24. The maximum Gasteiger partial charge on any atom is 0.407 e. The average molecular weight is 435 g/mol. The first kappa shape index (κ1) is 22.1. The second kappa shape index (κ2) is 9.55. The van der Waals surface area contributed by atoms with E-state index in [2.05, 4.69) is 54.4 Å². The summed E-state index contributed by atoms with van der Waals surface area (Å²) >= 11 is 0. The minimum absolute atomic E-state index is 0. The molecular formula is C26H34N4O2. The first-order valence-corrected chi connectivity index (χ1v) is 11.4. The van der Waals surface area contributed by atoms with E-state index in [1.54, 1.807) is 0 Å². The molecule has 6 heteroatoms. The van der Waals surface area contributed by atoms with Crippen LogP contribution in [-0.2, 0) is 4.74 Å². The van der Waals surface area contributed by atoms with Crippen molar-refractivity contribution < 1.29 is 11.0 Å². The summed E-state index contributed by atoms with van der Waals surface area (Å²) in [5.74, 6) is 2.08. The second-order valence-corrected chi connectivity index (χ2v) is 9.00. The Kier molecular flexibility index (Phi) is 6.58. The van der Waals surface area contributed by atoms with Gasteiger partial charge < -0.3 is 15.0 Å². The SMILES string of the molecule is Cc1ccc2c(N3CCC[C@@H](CNC(=O)OC(C)C)C3)nc(-c3ccccc3C)nc2c1.[HH]. The zero-order valence-corrected chi connectivity index (χ0v) is 19.4. The Bertz CT molecular complexity index is 1120. The van der Waals surface area contributed by atoms with E-state index in [1.165, 1.54) is 5.56 Å². The summed E-state index contributed by atoms with van der Waals surface area (Å²) in [6.07, 6.45) is 1.67. The number of alkyl carbamates (subject to hydrolysis) is 1. The number of nitrogens with zero attached hydrogens (tertiary/aromatic N) is 3. The largest absolute Gasteiger partial charge is 0.447 e. The molecule has 0 unspecified atom stereocenters. The number of ether oxygens (including phenoxy) is 1. The van der Waals surface area contributed by atoms with Crippen molar-refractivity contribution in [3.8, 4) is 11.4 Å². The van der Waals surface area contributed by atoms with E-state index < -0.39 is 0 Å². The Hall–Kier alpha value is -3.15. The number of carbonyl (C=O) groups excluding carboxylic acids is 1. The Morgan fingerprint density at radius 2 is 2.03 bits per heavy atom. The summed E-state index contributed by atoms with van der Waals surface area (Å²) < 4.78 is 5.21. The van der Waals surface area contributed by atoms with Crippen molar-refractivity contribution in [1.82, 2.24) is 15.3 Å². The van der Waals surface area contributed by atoms with E-state index in [4.69, 9.17) is 14.7 Å². The van der Waals surface area contributed by atoms with Crippen molar-refractivity contribution >= 4 is 22.8 Å². The molecule has 0 saturated carbocycles. The molecule has 0 radical (unpaired) electrons. The van der Waals surface area contributed by atoms with Crippen molar-refractivity contribution in [1.29, 1.82) is 0 Å². The molecule has 1 fully saturated rings. The van der Waals surface area contributed by atoms with Crippen LogP contribution < -0.4 is 10.2 Å². The van der Waals surface area contributed by atoms with Crippen molar-refractivity contribution in [2.75, 3.05) is 24.5 Å². The lowest BCUT2D eigenvalue weighted by atomic mass is 9.97. The monoisotopic (exact) mass is 434 g/mol. The number of fused-ring (bicyclic) bond motifs is 1. The number of piperidine rings is 1. The lowest BCUT2D eigenvalue weighted by Crippen LogP contribution is -2.41. The number of hydrogen-bond acceptors (Lipinski definition) is 5. The van der Waals surface area contributed by atoms with Gasteiger partial charge in [-0.05, 0) is 69.7 Å². The third-order valence-electron chi connectivity index (χ3n) is 5.91. The number of nitrogens with one attached hydrogen (secondary N) is 1. The molecule has 3 aromatic rings. The lowest BCUT2D eigenvalue weighted by Gasteiger charge is -2.34. The molecule has 0 bridgehead atoms. The maximum absolute atomic E-state index is 11.9. The number of rotatable bonds is 5. The summed E-state index contributed by atoms with van der Waals surface area (Å²) in [6, 6.07) is 14.6. The van der Waals surface area contributed by atoms with Gasteiger partial charge in [-0.2, -0.15) is 0 Å². The van der Waals surface area contributed by atoms with Gasteiger partial charge in [-0.3, -0.25) is 0 Å². The van der Waals surface area contributed by atoms with Crippen molar-refractivity contribution in [2.24, 2.45) is 5.92 Å². The number of aryl methyl sites for hydroxylation is 2. The van der Waals surface area contributed by atoms with Crippen molar-refractivity contribution in [3.63, 3.8) is 0 Å². The summed E-state index contributed by atoms with van der Waals surface area (Å²) in [7, 11) is 0. The van der Waals surface area contributed by atoms with Gasteiger partial charge in [0.2, 0.25) is 0 Å². The maximum atomic E-state index is 11.9. The number of benzene rings is 2. The summed E-state index contributed by atoms with van der Waals surface area (Å²) in [5.41, 5.74) is 4.37. The predicted octanol–water partition coefficient (Wildman–Crippen LogP) is 5.51. The summed E-state index contributed by atoms with van der Waals surface area (Å²) in [5, 5.41) is 3.99. The van der Waals surface area contributed by atoms with Crippen LogP contribution in [0.4, 0.5) is 10.6 Å². The minimum atomic E-state index is -0.345. The molecule has 1 aliphatic rings. The Morgan fingerprint density at radius 1 is 1.22 bits per heavy atom. The molecular weight excluding hydrogens is 400 g/mol. The van der Waals surface area contributed by atoms with Crippen LogP contribution in [0.5, 0.6) is 0 Å². The standard InChI is InChI=1S/C26H32N4O2.H2/c1-17(2)32-26(31)27-15-20-9-7-13-30(16-20)25-22-12-11-18(3)14-23(22)28-24(29-25)21-10-6-5-8-19(21)4;/h5-6,8,10-12,14,17,20H,7,9,13,15-16H2,1-4H3,(H,27,31);1H/t20-;/m0./s1. The summed E-state index contributed by atoms with van der Waals surface area (Å²) in [4.78, 5) is 24.2. The van der Waals surface area contributed by atoms with Gasteiger partial charge in [0.05, 0.1) is 11.6 Å². The van der Waals surface area contributed by atoms with Crippen molar-refractivity contribution in [2.45, 2.75) is 46.6 Å². The first-order valence-electron chi connectivity index (χ1n) is 11.4. The molecule has 2 heterocycles. The van der Waals surface area contributed by atoms with Crippen LogP contribution in [-0.4, -0.2) is 41.8 Å². The van der Waals surface area contributed by atoms with E-state index in [1.807, 2.05) is 26.0 Å². The fraction of sp³-hybridized carbons (Fsp3) is 0.423. The lowest BCUT2D eigenvalue weighted by molar-refractivity contribution is 0.114. The Balaban J connectivity index is 0.00000306. The molecule has 170 valence electrons. The normalized spacial score (nSPS) is 16.4. The van der Waals surface area contributed by atoms with Gasteiger partial charge in [0, 0.05) is 32.0 Å². The number of amides is 1. The quantitative estimate of drug-likeness (QED) is 0.573. The highest BCUT2D eigenvalue weighted by Crippen LogP contribution is 2.31. The molecule has 1 aromatic heterocycles. The smallest absolute Gasteiger partial charge is 0.407 e. The minimum Gasteiger partial charge on any atom is -0.447 e. The van der Waals surface area contributed by atoms with Crippen LogP contribution in [0.15, 0.2) is 42.5 Å². The van der Waals surface area contributed by atoms with Gasteiger partial charge >= 0.3 is 6.09 Å². The van der Waals surface area contributed by atoms with Crippen molar-refractivity contribution in [3.05, 3.63) is 53.6 Å². The first-order chi connectivity index (χ1) is 15.4. The molecule has 32 heavy (non-hydrogen) atoms. The van der Waals surface area contributed by atoms with Crippen LogP contribution >= 0.6 is 0 Å². The zero-order chi connectivity index (χ0) is 22.7. The second-order valence-electron chi connectivity index (χ2n) is 9.00. The molecule has 1 atom stereocenters. The number of anilines is 1. The van der Waals surface area contributed by atoms with Gasteiger partial charge in [0.25, 0.3) is 0 Å². The molecule has 6 nitrogen and oxygen atoms in total. The molecule has 0 spiro atoms. The fourth-order valence-electron chi connectivity index (χ4n) is 4.32. The molecule has 1 N–H and O–H groups in total. The fourth-order valence-corrected chi connectivity index (χ4v) is 4.32. The highest BCUT2D eigenvalue weighted by atomic mass is 16.6. The average Bonchev–Trinajstić information content (AvgIpc) is 2.77. The Labute approximate surface area is 191 Å². The van der Waals surface area contributed by atoms with Gasteiger partial charge in [-0.15, -0.1) is 0 Å². The number of hydrogen-bond donors (Lipinski definition) is 1. The third kappa shape index (κ3) is 5.01. The summed E-state index contributed by atoms with van der Waals surface area (Å²) in [6.45, 7) is 10.3. The third-order valence-corrected chi connectivity index (χ3v) is 5.91. The van der Waals surface area contributed by atoms with Crippen LogP contribution in [0.1, 0.15) is 39.2 Å². The van der Waals surface area contributed by atoms with Crippen LogP contribution in [0.2, 0.25) is 0 Å². The molecule has 1 aliphatic heterocycles. The van der Waals surface area contributed by atoms with Crippen LogP contribution in [0.25, 0.3) is 22.3 Å². The molecule has 2 aromatic carbocycles. The molecule has 0 aliphatic carbocycles. The Morgan fingerprint density at radius 3 is 2.81 bits per heavy atom. The number of aromatic nitrogens is 2. The van der Waals surface area contributed by atoms with E-state index in [-0.39, 0.29) is 13.6 Å². The molecule has 1 saturated heterocycles. The van der Waals surface area contributed by atoms with Crippen LogP contribution in [0.3, 0.4) is 0 Å². The van der Waals surface area contributed by atoms with Gasteiger partial charge in [-0.25, -0.2) is 14.8 Å². The topological polar surface area (TPSA) is 67.4 Å². The van der Waals surface area contributed by atoms with Crippen LogP contribution in [0, 0.1) is 19.8 Å². The number of carbonyl (C=O) groups is 1. The predicted molar refractivity (Wildman–Crippen MR) is 131 cm³/mol. The zero-order valence-electron chi connectivity index (χ0n) is 19.4. The van der Waals surface area contributed by atoms with Gasteiger partial charge in [-0.1, -0.05) is 30.3 Å². The van der Waals surface area contributed by atoms with E-state index >= 15 is 0 Å². The molecule has 1 amide bonds. The van der Waals surface area contributed by atoms with E-state index in [9.17, 15) is 4.79 Å². The van der Waals surface area contributed by atoms with Gasteiger partial charge in [0.1, 0.15) is 5.82 Å². The highest BCUT2D eigenvalue weighted by molar-refractivity contribution is 5.91. The molecule has 4 rings (SSSR count). The van der Waals surface area contributed by atoms with E-state index in [0.717, 1.165) is 59.6 Å².